The van der Waals surface area contributed by atoms with Crippen LogP contribution in [0.15, 0.2) is 66.7 Å². The molecule has 0 fully saturated rings. The van der Waals surface area contributed by atoms with Crippen LogP contribution in [0.2, 0.25) is 0 Å². The molecule has 0 aliphatic rings. The molecule has 3 aromatic carbocycles. The van der Waals surface area contributed by atoms with Crippen molar-refractivity contribution in [2.45, 2.75) is 13.0 Å². The van der Waals surface area contributed by atoms with Gasteiger partial charge in [-0.3, -0.25) is 0 Å². The lowest BCUT2D eigenvalue weighted by Gasteiger charge is -2.22. The summed E-state index contributed by atoms with van der Waals surface area (Å²) in [5.74, 6) is 3.29. The molecule has 4 rings (SSSR count). The SMILES string of the molecule is Nc1ccc(CCN(Cc2ccc(C#CC(=O)O)cc2)c2nc3cccc(F)c3s2)cc1. The summed E-state index contributed by atoms with van der Waals surface area (Å²) < 4.78 is 14.8. The fourth-order valence-electron chi connectivity index (χ4n) is 3.27. The minimum Gasteiger partial charge on any atom is -0.472 e. The molecule has 0 aliphatic carbocycles. The maximum absolute atomic E-state index is 14.2. The zero-order chi connectivity index (χ0) is 22.5. The first-order valence-electron chi connectivity index (χ1n) is 9.96. The van der Waals surface area contributed by atoms with E-state index in [9.17, 15) is 9.18 Å². The summed E-state index contributed by atoms with van der Waals surface area (Å²) in [6.45, 7) is 1.26. The number of fused-ring (bicyclic) bond motifs is 1. The molecule has 4 aromatic rings. The van der Waals surface area contributed by atoms with Gasteiger partial charge in [0.15, 0.2) is 5.13 Å². The number of benzene rings is 3. The first kappa shape index (κ1) is 21.3. The van der Waals surface area contributed by atoms with E-state index in [0.29, 0.717) is 28.9 Å². The minimum absolute atomic E-state index is 0.272. The molecule has 0 unspecified atom stereocenters. The van der Waals surface area contributed by atoms with Gasteiger partial charge in [0, 0.05) is 30.3 Å². The first-order chi connectivity index (χ1) is 15.5. The van der Waals surface area contributed by atoms with Crippen LogP contribution in [0.1, 0.15) is 16.7 Å². The van der Waals surface area contributed by atoms with E-state index in [0.717, 1.165) is 28.4 Å². The minimum atomic E-state index is -1.16. The number of nitrogen functional groups attached to an aromatic ring is 1. The normalized spacial score (nSPS) is 10.5. The van der Waals surface area contributed by atoms with E-state index in [4.69, 9.17) is 10.8 Å². The predicted octanol–water partition coefficient (Wildman–Crippen LogP) is 4.70. The Morgan fingerprint density at radius 1 is 1.06 bits per heavy atom. The Morgan fingerprint density at radius 2 is 1.78 bits per heavy atom. The number of nitrogens with two attached hydrogens (primary N) is 1. The molecule has 3 N–H and O–H groups in total. The molecule has 1 aromatic heterocycles. The highest BCUT2D eigenvalue weighted by Crippen LogP contribution is 2.31. The lowest BCUT2D eigenvalue weighted by molar-refractivity contribution is -0.130. The number of hydrogen-bond donors (Lipinski definition) is 2. The maximum Gasteiger partial charge on any atom is 0.382 e. The molecule has 0 spiro atoms. The Balaban J connectivity index is 1.59. The number of aliphatic carboxylic acids is 1. The van der Waals surface area contributed by atoms with Gasteiger partial charge in [-0.05, 0) is 53.9 Å². The van der Waals surface area contributed by atoms with Crippen LogP contribution in [0.3, 0.4) is 0 Å². The number of carboxylic acid groups (broad SMARTS) is 1. The van der Waals surface area contributed by atoms with Crippen molar-refractivity contribution >= 4 is 38.3 Å². The van der Waals surface area contributed by atoms with Crippen LogP contribution in [0, 0.1) is 17.7 Å². The third-order valence-electron chi connectivity index (χ3n) is 4.92. The number of rotatable bonds is 6. The third kappa shape index (κ3) is 5.23. The summed E-state index contributed by atoms with van der Waals surface area (Å²) in [6, 6.07) is 20.1. The largest absolute Gasteiger partial charge is 0.472 e. The van der Waals surface area contributed by atoms with Crippen molar-refractivity contribution in [2.75, 3.05) is 17.2 Å². The standard InChI is InChI=1S/C25H20FN3O2S/c26-21-2-1-3-22-24(21)32-25(28-22)29(15-14-18-8-11-20(27)12-9-18)16-19-6-4-17(5-7-19)10-13-23(30)31/h1-9,11-12H,14-16,27H2,(H,30,31). The average Bonchev–Trinajstić information content (AvgIpc) is 3.23. The van der Waals surface area contributed by atoms with Gasteiger partial charge >= 0.3 is 5.97 Å². The van der Waals surface area contributed by atoms with Crippen LogP contribution in [0.25, 0.3) is 10.2 Å². The van der Waals surface area contributed by atoms with Crippen molar-refractivity contribution in [1.29, 1.82) is 0 Å². The van der Waals surface area contributed by atoms with E-state index in [1.807, 2.05) is 42.5 Å². The van der Waals surface area contributed by atoms with Crippen molar-refractivity contribution in [3.8, 4) is 11.8 Å². The van der Waals surface area contributed by atoms with Crippen LogP contribution in [-0.2, 0) is 17.8 Å². The number of nitrogens with zero attached hydrogens (tertiary/aromatic N) is 2. The first-order valence-corrected chi connectivity index (χ1v) is 10.8. The van der Waals surface area contributed by atoms with E-state index >= 15 is 0 Å². The number of hydrogen-bond acceptors (Lipinski definition) is 5. The van der Waals surface area contributed by atoms with Crippen molar-refractivity contribution in [1.82, 2.24) is 4.98 Å². The van der Waals surface area contributed by atoms with E-state index in [2.05, 4.69) is 21.7 Å². The average molecular weight is 446 g/mol. The highest BCUT2D eigenvalue weighted by molar-refractivity contribution is 7.22. The van der Waals surface area contributed by atoms with Gasteiger partial charge in [-0.25, -0.2) is 14.2 Å². The second kappa shape index (κ2) is 9.50. The smallest absolute Gasteiger partial charge is 0.382 e. The molecular weight excluding hydrogens is 425 g/mol. The molecule has 0 amide bonds. The van der Waals surface area contributed by atoms with Gasteiger partial charge in [0.25, 0.3) is 0 Å². The lowest BCUT2D eigenvalue weighted by Crippen LogP contribution is -2.25. The molecule has 0 radical (unpaired) electrons. The van der Waals surface area contributed by atoms with Crippen molar-refractivity contribution in [3.63, 3.8) is 0 Å². The van der Waals surface area contributed by atoms with Crippen LogP contribution in [0.5, 0.6) is 0 Å². The Morgan fingerprint density at radius 3 is 2.47 bits per heavy atom. The molecular formula is C25H20FN3O2S. The van der Waals surface area contributed by atoms with Crippen LogP contribution in [0.4, 0.5) is 15.2 Å². The van der Waals surface area contributed by atoms with Gasteiger partial charge in [-0.15, -0.1) is 0 Å². The Hall–Kier alpha value is -3.89. The van der Waals surface area contributed by atoms with Crippen molar-refractivity contribution in [3.05, 3.63) is 89.2 Å². The summed E-state index contributed by atoms with van der Waals surface area (Å²) in [4.78, 5) is 17.4. The number of aromatic nitrogens is 1. The molecule has 5 nitrogen and oxygen atoms in total. The lowest BCUT2D eigenvalue weighted by atomic mass is 10.1. The van der Waals surface area contributed by atoms with Gasteiger partial charge in [-0.1, -0.05) is 47.6 Å². The fraction of sp³-hybridized carbons (Fsp3) is 0.120. The van der Waals surface area contributed by atoms with Gasteiger partial charge in [0.1, 0.15) is 5.82 Å². The Bertz CT molecular complexity index is 1310. The summed E-state index contributed by atoms with van der Waals surface area (Å²) in [5, 5.41) is 9.45. The Labute approximate surface area is 188 Å². The van der Waals surface area contributed by atoms with E-state index in [1.165, 1.54) is 17.4 Å². The monoisotopic (exact) mass is 445 g/mol. The highest BCUT2D eigenvalue weighted by Gasteiger charge is 2.15. The molecule has 0 atom stereocenters. The van der Waals surface area contributed by atoms with E-state index < -0.39 is 5.97 Å². The predicted molar refractivity (Wildman–Crippen MR) is 126 cm³/mol. The summed E-state index contributed by atoms with van der Waals surface area (Å²) in [5.41, 5.74) is 9.94. The zero-order valence-corrected chi connectivity index (χ0v) is 17.9. The van der Waals surface area contributed by atoms with Gasteiger partial charge in [0.05, 0.1) is 10.2 Å². The second-order valence-electron chi connectivity index (χ2n) is 7.25. The highest BCUT2D eigenvalue weighted by atomic mass is 32.1. The van der Waals surface area contributed by atoms with Crippen molar-refractivity contribution in [2.24, 2.45) is 0 Å². The number of carbonyl (C=O) groups is 1. The number of thiazole rings is 1. The van der Waals surface area contributed by atoms with Gasteiger partial charge in [0.2, 0.25) is 0 Å². The fourth-order valence-corrected chi connectivity index (χ4v) is 4.26. The van der Waals surface area contributed by atoms with Gasteiger partial charge in [-0.2, -0.15) is 0 Å². The topological polar surface area (TPSA) is 79.5 Å². The van der Waals surface area contributed by atoms with Crippen molar-refractivity contribution < 1.29 is 14.3 Å². The molecule has 7 heteroatoms. The zero-order valence-electron chi connectivity index (χ0n) is 17.1. The number of halogens is 1. The molecule has 160 valence electrons. The quantitative estimate of drug-likeness (QED) is 0.332. The third-order valence-corrected chi connectivity index (χ3v) is 6.06. The van der Waals surface area contributed by atoms with E-state index in [-0.39, 0.29) is 5.82 Å². The number of carboxylic acids is 1. The second-order valence-corrected chi connectivity index (χ2v) is 8.23. The summed E-state index contributed by atoms with van der Waals surface area (Å²) in [6.07, 6.45) is 0.779. The Kier molecular flexibility index (Phi) is 6.34. The van der Waals surface area contributed by atoms with Gasteiger partial charge < -0.3 is 15.7 Å². The number of anilines is 2. The molecule has 0 saturated carbocycles. The molecule has 0 aliphatic heterocycles. The summed E-state index contributed by atoms with van der Waals surface area (Å²) in [7, 11) is 0. The van der Waals surface area contributed by atoms with Crippen LogP contribution in [-0.4, -0.2) is 22.6 Å². The molecule has 0 bridgehead atoms. The van der Waals surface area contributed by atoms with E-state index in [1.54, 1.807) is 18.2 Å². The van der Waals surface area contributed by atoms with Crippen LogP contribution >= 0.6 is 11.3 Å². The molecule has 1 heterocycles. The summed E-state index contributed by atoms with van der Waals surface area (Å²) >= 11 is 1.34. The molecule has 0 saturated heterocycles. The maximum atomic E-state index is 14.2. The van der Waals surface area contributed by atoms with Crippen LogP contribution < -0.4 is 10.6 Å². The molecule has 32 heavy (non-hydrogen) atoms.